The number of benzene rings is 1. The smallest absolute Gasteiger partial charge is 0.126 e. The van der Waals surface area contributed by atoms with Crippen LogP contribution in [0.2, 0.25) is 0 Å². The molecule has 0 saturated heterocycles. The molecule has 0 unspecified atom stereocenters. The Hall–Kier alpha value is -1.87. The van der Waals surface area contributed by atoms with E-state index < -0.39 is 0 Å². The molecule has 3 heteroatoms. The highest BCUT2D eigenvalue weighted by molar-refractivity contribution is 5.42. The van der Waals surface area contributed by atoms with Crippen molar-refractivity contribution in [2.45, 2.75) is 13.0 Å². The third kappa shape index (κ3) is 2.04. The first-order valence-corrected chi connectivity index (χ1v) is 5.21. The highest BCUT2D eigenvalue weighted by Gasteiger charge is 2.09. The standard InChI is InChI=1S/C13H15N3/c1-9-7-11(8-16-13(9)15)12(14)10-5-3-2-4-6-10/h2-8,12H,14H2,1H3,(H2,15,16)/t12-/m1/s1. The van der Waals surface area contributed by atoms with Gasteiger partial charge in [-0.1, -0.05) is 30.3 Å². The first-order chi connectivity index (χ1) is 7.68. The molecule has 0 bridgehead atoms. The van der Waals surface area contributed by atoms with E-state index in [-0.39, 0.29) is 6.04 Å². The second kappa shape index (κ2) is 4.33. The monoisotopic (exact) mass is 213 g/mol. The lowest BCUT2D eigenvalue weighted by molar-refractivity contribution is 0.861. The summed E-state index contributed by atoms with van der Waals surface area (Å²) < 4.78 is 0. The second-order valence-corrected chi connectivity index (χ2v) is 3.86. The first-order valence-electron chi connectivity index (χ1n) is 5.21. The Balaban J connectivity index is 2.34. The molecule has 2 aromatic rings. The Labute approximate surface area is 95.1 Å². The Morgan fingerprint density at radius 3 is 2.44 bits per heavy atom. The number of nitrogens with zero attached hydrogens (tertiary/aromatic N) is 1. The topological polar surface area (TPSA) is 64.9 Å². The van der Waals surface area contributed by atoms with Crippen molar-refractivity contribution < 1.29 is 0 Å². The van der Waals surface area contributed by atoms with Crippen LogP contribution < -0.4 is 11.5 Å². The van der Waals surface area contributed by atoms with Gasteiger partial charge in [-0.05, 0) is 29.7 Å². The number of anilines is 1. The van der Waals surface area contributed by atoms with Gasteiger partial charge >= 0.3 is 0 Å². The van der Waals surface area contributed by atoms with Crippen LogP contribution in [0.4, 0.5) is 5.82 Å². The van der Waals surface area contributed by atoms with E-state index in [1.165, 1.54) is 0 Å². The van der Waals surface area contributed by atoms with Gasteiger partial charge in [-0.15, -0.1) is 0 Å². The lowest BCUT2D eigenvalue weighted by Gasteiger charge is -2.13. The normalized spacial score (nSPS) is 12.4. The van der Waals surface area contributed by atoms with Crippen LogP contribution in [0.25, 0.3) is 0 Å². The zero-order valence-corrected chi connectivity index (χ0v) is 9.22. The fourth-order valence-corrected chi connectivity index (χ4v) is 1.63. The van der Waals surface area contributed by atoms with Crippen LogP contribution in [-0.2, 0) is 0 Å². The van der Waals surface area contributed by atoms with E-state index in [0.717, 1.165) is 16.7 Å². The van der Waals surface area contributed by atoms with Gasteiger partial charge in [0.15, 0.2) is 0 Å². The maximum atomic E-state index is 6.15. The molecule has 1 aromatic heterocycles. The molecule has 82 valence electrons. The largest absolute Gasteiger partial charge is 0.383 e. The summed E-state index contributed by atoms with van der Waals surface area (Å²) in [5, 5.41) is 0. The highest BCUT2D eigenvalue weighted by Crippen LogP contribution is 2.20. The molecule has 0 aliphatic rings. The van der Waals surface area contributed by atoms with Crippen LogP contribution in [0.1, 0.15) is 22.7 Å². The van der Waals surface area contributed by atoms with E-state index in [1.54, 1.807) is 6.20 Å². The Kier molecular flexibility index (Phi) is 2.88. The van der Waals surface area contributed by atoms with Gasteiger partial charge in [0.1, 0.15) is 5.82 Å². The number of aryl methyl sites for hydroxylation is 1. The molecule has 16 heavy (non-hydrogen) atoms. The van der Waals surface area contributed by atoms with Gasteiger partial charge in [0.05, 0.1) is 6.04 Å². The van der Waals surface area contributed by atoms with Crippen molar-refractivity contribution in [2.24, 2.45) is 5.73 Å². The van der Waals surface area contributed by atoms with Crippen LogP contribution in [0.5, 0.6) is 0 Å². The zero-order valence-electron chi connectivity index (χ0n) is 9.22. The van der Waals surface area contributed by atoms with Gasteiger partial charge in [-0.2, -0.15) is 0 Å². The van der Waals surface area contributed by atoms with Crippen molar-refractivity contribution in [1.82, 2.24) is 4.98 Å². The number of rotatable bonds is 2. The van der Waals surface area contributed by atoms with Crippen LogP contribution in [0.3, 0.4) is 0 Å². The van der Waals surface area contributed by atoms with Crippen LogP contribution in [0, 0.1) is 6.92 Å². The number of hydrogen-bond acceptors (Lipinski definition) is 3. The predicted molar refractivity (Wildman–Crippen MR) is 65.9 cm³/mol. The summed E-state index contributed by atoms with van der Waals surface area (Å²) in [6.45, 7) is 1.93. The number of pyridine rings is 1. The summed E-state index contributed by atoms with van der Waals surface area (Å²) in [7, 11) is 0. The molecule has 0 saturated carbocycles. The number of nitrogens with two attached hydrogens (primary N) is 2. The molecule has 0 aliphatic carbocycles. The second-order valence-electron chi connectivity index (χ2n) is 3.86. The van der Waals surface area contributed by atoms with Crippen molar-refractivity contribution in [2.75, 3.05) is 5.73 Å². The fraction of sp³-hybridized carbons (Fsp3) is 0.154. The third-order valence-corrected chi connectivity index (χ3v) is 2.66. The molecule has 4 N–H and O–H groups in total. The average molecular weight is 213 g/mol. The summed E-state index contributed by atoms with van der Waals surface area (Å²) in [4.78, 5) is 4.12. The van der Waals surface area contributed by atoms with E-state index in [9.17, 15) is 0 Å². The molecule has 0 radical (unpaired) electrons. The third-order valence-electron chi connectivity index (χ3n) is 2.66. The molecule has 1 aromatic carbocycles. The quantitative estimate of drug-likeness (QED) is 0.802. The minimum absolute atomic E-state index is 0.145. The van der Waals surface area contributed by atoms with Gasteiger partial charge in [0, 0.05) is 6.20 Å². The van der Waals surface area contributed by atoms with Gasteiger partial charge < -0.3 is 11.5 Å². The fourth-order valence-electron chi connectivity index (χ4n) is 1.63. The minimum Gasteiger partial charge on any atom is -0.383 e. The van der Waals surface area contributed by atoms with Crippen molar-refractivity contribution in [1.29, 1.82) is 0 Å². The van der Waals surface area contributed by atoms with Gasteiger partial charge in [0.2, 0.25) is 0 Å². The lowest BCUT2D eigenvalue weighted by atomic mass is 10.0. The summed E-state index contributed by atoms with van der Waals surface area (Å²) in [6.07, 6.45) is 1.74. The maximum Gasteiger partial charge on any atom is 0.126 e. The summed E-state index contributed by atoms with van der Waals surface area (Å²) in [5.74, 6) is 0.559. The van der Waals surface area contributed by atoms with Gasteiger partial charge in [-0.25, -0.2) is 4.98 Å². The van der Waals surface area contributed by atoms with E-state index in [4.69, 9.17) is 11.5 Å². The summed E-state index contributed by atoms with van der Waals surface area (Å²) in [6, 6.07) is 11.8. The highest BCUT2D eigenvalue weighted by atomic mass is 14.8. The van der Waals surface area contributed by atoms with E-state index in [0.29, 0.717) is 5.82 Å². The molecule has 1 atom stereocenters. The Bertz CT molecular complexity index is 480. The van der Waals surface area contributed by atoms with E-state index in [1.807, 2.05) is 43.3 Å². The number of nitrogen functional groups attached to an aromatic ring is 1. The van der Waals surface area contributed by atoms with Gasteiger partial charge in [-0.3, -0.25) is 0 Å². The molecule has 0 amide bonds. The van der Waals surface area contributed by atoms with Crippen molar-refractivity contribution in [3.05, 3.63) is 59.3 Å². The number of hydrogen-bond donors (Lipinski definition) is 2. The summed E-state index contributed by atoms with van der Waals surface area (Å²) in [5.41, 5.74) is 14.9. The molecule has 0 fully saturated rings. The summed E-state index contributed by atoms with van der Waals surface area (Å²) >= 11 is 0. The zero-order chi connectivity index (χ0) is 11.5. The van der Waals surface area contributed by atoms with Crippen LogP contribution >= 0.6 is 0 Å². The molecule has 0 aliphatic heterocycles. The molecule has 1 heterocycles. The SMILES string of the molecule is Cc1cc([C@H](N)c2ccccc2)cnc1N. The average Bonchev–Trinajstić information content (AvgIpc) is 2.33. The van der Waals surface area contributed by atoms with Crippen molar-refractivity contribution in [3.8, 4) is 0 Å². The number of aromatic nitrogens is 1. The van der Waals surface area contributed by atoms with Crippen molar-refractivity contribution >= 4 is 5.82 Å². The predicted octanol–water partition coefficient (Wildman–Crippen LogP) is 2.02. The maximum absolute atomic E-state index is 6.15. The molecule has 2 rings (SSSR count). The van der Waals surface area contributed by atoms with Gasteiger partial charge in [0.25, 0.3) is 0 Å². The molecule has 0 spiro atoms. The molecular weight excluding hydrogens is 198 g/mol. The Morgan fingerprint density at radius 2 is 1.81 bits per heavy atom. The van der Waals surface area contributed by atoms with Crippen LogP contribution in [-0.4, -0.2) is 4.98 Å². The molecular formula is C13H15N3. The van der Waals surface area contributed by atoms with Crippen molar-refractivity contribution in [3.63, 3.8) is 0 Å². The van der Waals surface area contributed by atoms with Crippen LogP contribution in [0.15, 0.2) is 42.6 Å². The van der Waals surface area contributed by atoms with E-state index in [2.05, 4.69) is 4.98 Å². The van der Waals surface area contributed by atoms with E-state index >= 15 is 0 Å². The first kappa shape index (κ1) is 10.6. The lowest BCUT2D eigenvalue weighted by Crippen LogP contribution is -2.12. The minimum atomic E-state index is -0.145. The Morgan fingerprint density at radius 1 is 1.12 bits per heavy atom. The molecule has 3 nitrogen and oxygen atoms in total.